The summed E-state index contributed by atoms with van der Waals surface area (Å²) in [6, 6.07) is 8.42. The fourth-order valence-electron chi connectivity index (χ4n) is 3.70. The van der Waals surface area contributed by atoms with E-state index in [1.54, 1.807) is 27.6 Å². The topological polar surface area (TPSA) is 79.3 Å². The van der Waals surface area contributed by atoms with Gasteiger partial charge in [0.1, 0.15) is 0 Å². The minimum Gasteiger partial charge on any atom is -0.338 e. The molecule has 2 heterocycles. The average Bonchev–Trinajstić information content (AvgIpc) is 2.93. The van der Waals surface area contributed by atoms with Gasteiger partial charge in [-0.1, -0.05) is 57.5 Å². The maximum atomic E-state index is 13.1. The first-order valence-electron chi connectivity index (χ1n) is 13.5. The smallest absolute Gasteiger partial charge is 0.317 e. The van der Waals surface area contributed by atoms with Crippen LogP contribution >= 0.6 is 11.8 Å². The summed E-state index contributed by atoms with van der Waals surface area (Å²) in [5.74, 6) is 0.750. The SMILES string of the molecule is CC.CC.CNCCC(C)N(C)C(=O)NCCC(C)n1cnc2c(c1=O)SCC(c1ccc(C)cc1)=C2. The molecule has 1 aliphatic rings. The summed E-state index contributed by atoms with van der Waals surface area (Å²) >= 11 is 1.55. The zero-order valence-electron chi connectivity index (χ0n) is 24.2. The molecule has 2 amide bonds. The van der Waals surface area contributed by atoms with Crippen LogP contribution in [0.3, 0.4) is 0 Å². The number of nitrogens with zero attached hydrogens (tertiary/aromatic N) is 3. The highest BCUT2D eigenvalue weighted by Gasteiger charge is 2.20. The van der Waals surface area contributed by atoms with Crippen LogP contribution in [0, 0.1) is 6.92 Å². The Hall–Kier alpha value is -2.58. The molecule has 0 fully saturated rings. The van der Waals surface area contributed by atoms with Crippen molar-refractivity contribution in [1.29, 1.82) is 0 Å². The predicted molar refractivity (Wildman–Crippen MR) is 159 cm³/mol. The molecule has 2 unspecified atom stereocenters. The van der Waals surface area contributed by atoms with Crippen molar-refractivity contribution in [2.24, 2.45) is 0 Å². The second-order valence-electron chi connectivity index (χ2n) is 8.72. The minimum absolute atomic E-state index is 0.0131. The number of aromatic nitrogens is 2. The van der Waals surface area contributed by atoms with Crippen molar-refractivity contribution < 1.29 is 4.79 Å². The quantitative estimate of drug-likeness (QED) is 0.427. The second kappa shape index (κ2) is 17.0. The molecule has 0 saturated heterocycles. The molecule has 2 N–H and O–H groups in total. The number of amides is 2. The number of aryl methyl sites for hydroxylation is 1. The lowest BCUT2D eigenvalue weighted by atomic mass is 10.0. The molecule has 0 bridgehead atoms. The van der Waals surface area contributed by atoms with E-state index in [1.807, 2.05) is 61.7 Å². The van der Waals surface area contributed by atoms with E-state index in [-0.39, 0.29) is 23.7 Å². The van der Waals surface area contributed by atoms with Gasteiger partial charge in [-0.2, -0.15) is 0 Å². The molecule has 206 valence electrons. The second-order valence-corrected chi connectivity index (χ2v) is 9.70. The Bertz CT molecular complexity index is 1050. The van der Waals surface area contributed by atoms with Gasteiger partial charge in [0, 0.05) is 31.4 Å². The van der Waals surface area contributed by atoms with Crippen molar-refractivity contribution in [3.05, 3.63) is 57.8 Å². The molecule has 3 rings (SSSR count). The van der Waals surface area contributed by atoms with Crippen molar-refractivity contribution >= 4 is 29.4 Å². The molecule has 0 saturated carbocycles. The van der Waals surface area contributed by atoms with Crippen molar-refractivity contribution in [2.75, 3.05) is 32.9 Å². The number of benzene rings is 1. The van der Waals surface area contributed by atoms with E-state index < -0.39 is 0 Å². The van der Waals surface area contributed by atoms with Crippen molar-refractivity contribution in [1.82, 2.24) is 25.1 Å². The molecule has 0 aliphatic carbocycles. The van der Waals surface area contributed by atoms with Crippen LogP contribution in [-0.2, 0) is 0 Å². The third kappa shape index (κ3) is 9.34. The molecular formula is C29H47N5O2S. The van der Waals surface area contributed by atoms with Gasteiger partial charge in [0.15, 0.2) is 0 Å². The fraction of sp³-hybridized carbons (Fsp3) is 0.552. The van der Waals surface area contributed by atoms with Gasteiger partial charge in [-0.15, -0.1) is 11.8 Å². The van der Waals surface area contributed by atoms with Gasteiger partial charge >= 0.3 is 6.03 Å². The van der Waals surface area contributed by atoms with Crippen LogP contribution < -0.4 is 16.2 Å². The third-order valence-electron chi connectivity index (χ3n) is 6.19. The Morgan fingerprint density at radius 2 is 1.76 bits per heavy atom. The van der Waals surface area contributed by atoms with Crippen LogP contribution in [-0.4, -0.2) is 59.5 Å². The summed E-state index contributed by atoms with van der Waals surface area (Å²) in [6.07, 6.45) is 5.21. The zero-order valence-corrected chi connectivity index (χ0v) is 25.0. The molecular weight excluding hydrogens is 482 g/mol. The number of rotatable bonds is 9. The average molecular weight is 530 g/mol. The zero-order chi connectivity index (χ0) is 28.0. The first kappa shape index (κ1) is 32.4. The summed E-state index contributed by atoms with van der Waals surface area (Å²) in [5, 5.41) is 6.07. The third-order valence-corrected chi connectivity index (χ3v) is 7.32. The number of carbonyl (C=O) groups is 1. The lowest BCUT2D eigenvalue weighted by molar-refractivity contribution is 0.190. The minimum atomic E-state index is -0.0916. The van der Waals surface area contributed by atoms with E-state index in [1.165, 1.54) is 16.7 Å². The normalized spacial score (nSPS) is 13.5. The van der Waals surface area contributed by atoms with E-state index >= 15 is 0 Å². The van der Waals surface area contributed by atoms with Gasteiger partial charge in [0.25, 0.3) is 5.56 Å². The molecule has 0 spiro atoms. The number of hydrogen-bond donors (Lipinski definition) is 2. The molecule has 1 aliphatic heterocycles. The van der Waals surface area contributed by atoms with Gasteiger partial charge in [0.05, 0.1) is 16.9 Å². The number of thioether (sulfide) groups is 1. The van der Waals surface area contributed by atoms with Crippen molar-refractivity contribution in [3.63, 3.8) is 0 Å². The highest BCUT2D eigenvalue weighted by atomic mass is 32.2. The van der Waals surface area contributed by atoms with Crippen LogP contribution in [0.4, 0.5) is 4.79 Å². The highest BCUT2D eigenvalue weighted by molar-refractivity contribution is 7.99. The van der Waals surface area contributed by atoms with Crippen LogP contribution in [0.25, 0.3) is 11.6 Å². The highest BCUT2D eigenvalue weighted by Crippen LogP contribution is 2.33. The Balaban J connectivity index is 0.00000163. The van der Waals surface area contributed by atoms with E-state index in [2.05, 4.69) is 46.8 Å². The van der Waals surface area contributed by atoms with Gasteiger partial charge in [-0.25, -0.2) is 9.78 Å². The lowest BCUT2D eigenvalue weighted by Gasteiger charge is -2.25. The number of urea groups is 1. The van der Waals surface area contributed by atoms with Crippen molar-refractivity contribution in [3.8, 4) is 0 Å². The van der Waals surface area contributed by atoms with Gasteiger partial charge in [-0.05, 0) is 64.4 Å². The van der Waals surface area contributed by atoms with Crippen LogP contribution in [0.1, 0.15) is 77.2 Å². The van der Waals surface area contributed by atoms with E-state index in [4.69, 9.17) is 0 Å². The van der Waals surface area contributed by atoms with Crippen LogP contribution in [0.2, 0.25) is 0 Å². The Morgan fingerprint density at radius 3 is 2.38 bits per heavy atom. The molecule has 2 atom stereocenters. The van der Waals surface area contributed by atoms with Gasteiger partial charge < -0.3 is 15.5 Å². The Labute approximate surface area is 228 Å². The fourth-order valence-corrected chi connectivity index (χ4v) is 4.74. The summed E-state index contributed by atoms with van der Waals surface area (Å²) in [5.41, 5.74) is 4.30. The maximum absolute atomic E-state index is 13.1. The van der Waals surface area contributed by atoms with E-state index in [0.29, 0.717) is 17.9 Å². The summed E-state index contributed by atoms with van der Waals surface area (Å²) in [6.45, 7) is 15.5. The number of fused-ring (bicyclic) bond motifs is 1. The number of nitrogens with one attached hydrogen (secondary N) is 2. The first-order chi connectivity index (χ1) is 17.8. The van der Waals surface area contributed by atoms with E-state index in [0.717, 1.165) is 24.4 Å². The predicted octanol–water partition coefficient (Wildman–Crippen LogP) is 5.84. The number of carbonyl (C=O) groups excluding carboxylic acids is 1. The Kier molecular flexibility index (Phi) is 14.9. The van der Waals surface area contributed by atoms with Crippen LogP contribution in [0.5, 0.6) is 0 Å². The molecule has 37 heavy (non-hydrogen) atoms. The molecule has 0 radical (unpaired) electrons. The van der Waals surface area contributed by atoms with Crippen molar-refractivity contribution in [2.45, 2.75) is 78.3 Å². The largest absolute Gasteiger partial charge is 0.338 e. The Morgan fingerprint density at radius 1 is 1.11 bits per heavy atom. The lowest BCUT2D eigenvalue weighted by Crippen LogP contribution is -2.43. The first-order valence-corrected chi connectivity index (χ1v) is 14.5. The molecule has 7 nitrogen and oxygen atoms in total. The molecule has 2 aromatic rings. The summed E-state index contributed by atoms with van der Waals surface area (Å²) in [4.78, 5) is 32.5. The summed E-state index contributed by atoms with van der Waals surface area (Å²) < 4.78 is 1.68. The van der Waals surface area contributed by atoms with E-state index in [9.17, 15) is 9.59 Å². The van der Waals surface area contributed by atoms with Gasteiger partial charge in [-0.3, -0.25) is 9.36 Å². The molecule has 1 aromatic heterocycles. The standard InChI is InChI=1S/C25H35N5O2S.2C2H6/c1-17-6-8-20(9-7-17)21-14-22-23(33-15-21)24(31)30(16-28-22)19(3)11-13-27-25(32)29(5)18(2)10-12-26-4;2*1-2/h6-9,14,16,18-19,26H,10-13,15H2,1-5H3,(H,27,32);2*1-2H3. The van der Waals surface area contributed by atoms with Crippen LogP contribution in [0.15, 0.2) is 40.3 Å². The monoisotopic (exact) mass is 529 g/mol. The molecule has 8 heteroatoms. The number of hydrogen-bond acceptors (Lipinski definition) is 5. The molecule has 1 aromatic carbocycles. The summed E-state index contributed by atoms with van der Waals surface area (Å²) in [7, 11) is 3.72. The maximum Gasteiger partial charge on any atom is 0.317 e. The van der Waals surface area contributed by atoms with Gasteiger partial charge in [0.2, 0.25) is 0 Å².